The summed E-state index contributed by atoms with van der Waals surface area (Å²) in [5.41, 5.74) is 0.975. The van der Waals surface area contributed by atoms with Crippen LogP contribution >= 0.6 is 0 Å². The summed E-state index contributed by atoms with van der Waals surface area (Å²) in [7, 11) is 0. The van der Waals surface area contributed by atoms with Crippen molar-refractivity contribution >= 4 is 23.0 Å². The molecule has 0 saturated heterocycles. The Morgan fingerprint density at radius 2 is 1.67 bits per heavy atom. The molecule has 3 nitrogen and oxygen atoms in total. The molecule has 0 saturated carbocycles. The van der Waals surface area contributed by atoms with Gasteiger partial charge >= 0.3 is 5.97 Å². The Morgan fingerprint density at radius 1 is 0.905 bits per heavy atom. The SMILES string of the molecule is O=Cc1cccc(OC(=O)c2cccc3ccccc23)c1. The third kappa shape index (κ3) is 2.67. The van der Waals surface area contributed by atoms with Gasteiger partial charge in [0.1, 0.15) is 12.0 Å². The van der Waals surface area contributed by atoms with Crippen LogP contribution in [0, 0.1) is 0 Å². The van der Waals surface area contributed by atoms with E-state index in [-0.39, 0.29) is 0 Å². The Morgan fingerprint density at radius 3 is 2.52 bits per heavy atom. The number of esters is 1. The highest BCUT2D eigenvalue weighted by atomic mass is 16.5. The lowest BCUT2D eigenvalue weighted by atomic mass is 10.0. The van der Waals surface area contributed by atoms with Crippen molar-refractivity contribution in [3.8, 4) is 5.75 Å². The van der Waals surface area contributed by atoms with Crippen LogP contribution in [-0.2, 0) is 0 Å². The number of hydrogen-bond donors (Lipinski definition) is 0. The molecule has 3 aromatic rings. The average molecular weight is 276 g/mol. The molecule has 0 bridgehead atoms. The van der Waals surface area contributed by atoms with E-state index in [2.05, 4.69) is 0 Å². The van der Waals surface area contributed by atoms with Gasteiger partial charge in [0.2, 0.25) is 0 Å². The number of aldehydes is 1. The van der Waals surface area contributed by atoms with Crippen LogP contribution in [0.5, 0.6) is 5.75 Å². The fourth-order valence-electron chi connectivity index (χ4n) is 2.22. The lowest BCUT2D eigenvalue weighted by Gasteiger charge is -2.07. The molecule has 0 aliphatic heterocycles. The number of fused-ring (bicyclic) bond motifs is 1. The second-order valence-corrected chi connectivity index (χ2v) is 4.61. The van der Waals surface area contributed by atoms with E-state index in [9.17, 15) is 9.59 Å². The third-order valence-electron chi connectivity index (χ3n) is 3.21. The largest absolute Gasteiger partial charge is 0.423 e. The van der Waals surface area contributed by atoms with Gasteiger partial charge in [-0.25, -0.2) is 4.79 Å². The van der Waals surface area contributed by atoms with E-state index < -0.39 is 5.97 Å². The highest BCUT2D eigenvalue weighted by Crippen LogP contribution is 2.21. The summed E-state index contributed by atoms with van der Waals surface area (Å²) < 4.78 is 5.35. The number of rotatable bonds is 3. The second kappa shape index (κ2) is 5.59. The molecule has 3 aromatic carbocycles. The molecule has 0 fully saturated rings. The Labute approximate surface area is 121 Å². The van der Waals surface area contributed by atoms with Crippen LogP contribution in [0.25, 0.3) is 10.8 Å². The Balaban J connectivity index is 1.95. The number of benzene rings is 3. The first kappa shape index (κ1) is 13.1. The molecule has 0 N–H and O–H groups in total. The first-order valence-electron chi connectivity index (χ1n) is 6.53. The van der Waals surface area contributed by atoms with E-state index in [4.69, 9.17) is 4.74 Å². The molecule has 0 aromatic heterocycles. The molecule has 0 amide bonds. The van der Waals surface area contributed by atoms with Gasteiger partial charge in [-0.05, 0) is 29.0 Å². The molecular formula is C18H12O3. The first-order chi connectivity index (χ1) is 10.3. The van der Waals surface area contributed by atoms with E-state index in [1.165, 1.54) is 6.07 Å². The van der Waals surface area contributed by atoms with Crippen molar-refractivity contribution in [1.29, 1.82) is 0 Å². The van der Waals surface area contributed by atoms with Crippen molar-refractivity contribution in [2.75, 3.05) is 0 Å². The fraction of sp³-hybridized carbons (Fsp3) is 0. The van der Waals surface area contributed by atoms with Crippen LogP contribution in [0.2, 0.25) is 0 Å². The smallest absolute Gasteiger partial charge is 0.344 e. The van der Waals surface area contributed by atoms with Gasteiger partial charge in [0.25, 0.3) is 0 Å². The molecule has 3 heteroatoms. The van der Waals surface area contributed by atoms with Crippen molar-refractivity contribution in [3.05, 3.63) is 77.9 Å². The molecule has 0 spiro atoms. The summed E-state index contributed by atoms with van der Waals surface area (Å²) in [6.45, 7) is 0. The predicted molar refractivity (Wildman–Crippen MR) is 80.7 cm³/mol. The van der Waals surface area contributed by atoms with E-state index in [1.807, 2.05) is 36.4 Å². The Kier molecular flexibility index (Phi) is 3.48. The number of carbonyl (C=O) groups excluding carboxylic acids is 2. The topological polar surface area (TPSA) is 43.4 Å². The normalized spacial score (nSPS) is 10.3. The maximum atomic E-state index is 12.3. The van der Waals surface area contributed by atoms with Gasteiger partial charge in [0, 0.05) is 5.56 Å². The van der Waals surface area contributed by atoms with Gasteiger partial charge in [-0.2, -0.15) is 0 Å². The van der Waals surface area contributed by atoms with Gasteiger partial charge in [0.15, 0.2) is 0 Å². The number of hydrogen-bond acceptors (Lipinski definition) is 3. The summed E-state index contributed by atoms with van der Waals surface area (Å²) >= 11 is 0. The van der Waals surface area contributed by atoms with Gasteiger partial charge in [-0.3, -0.25) is 4.79 Å². The number of carbonyl (C=O) groups is 2. The summed E-state index contributed by atoms with van der Waals surface area (Å²) in [6, 6.07) is 19.6. The molecular weight excluding hydrogens is 264 g/mol. The van der Waals surface area contributed by atoms with Crippen LogP contribution in [0.15, 0.2) is 66.7 Å². The molecule has 3 rings (SSSR count). The van der Waals surface area contributed by atoms with Gasteiger partial charge in [0.05, 0.1) is 5.56 Å². The molecule has 0 aliphatic carbocycles. The fourth-order valence-corrected chi connectivity index (χ4v) is 2.22. The van der Waals surface area contributed by atoms with E-state index in [1.54, 1.807) is 24.3 Å². The number of ether oxygens (including phenoxy) is 1. The average Bonchev–Trinajstić information content (AvgIpc) is 2.54. The summed E-state index contributed by atoms with van der Waals surface area (Å²) in [6.07, 6.45) is 0.718. The predicted octanol–water partition coefficient (Wildman–Crippen LogP) is 3.87. The molecule has 0 unspecified atom stereocenters. The minimum Gasteiger partial charge on any atom is -0.423 e. The second-order valence-electron chi connectivity index (χ2n) is 4.61. The Bertz CT molecular complexity index is 816. The van der Waals surface area contributed by atoms with E-state index >= 15 is 0 Å². The summed E-state index contributed by atoms with van der Waals surface area (Å²) in [4.78, 5) is 23.1. The molecule has 102 valence electrons. The van der Waals surface area contributed by atoms with Gasteiger partial charge < -0.3 is 4.74 Å². The van der Waals surface area contributed by atoms with E-state index in [0.717, 1.165) is 17.1 Å². The van der Waals surface area contributed by atoms with Crippen molar-refractivity contribution < 1.29 is 14.3 Å². The monoisotopic (exact) mass is 276 g/mol. The van der Waals surface area contributed by atoms with Crippen LogP contribution in [0.1, 0.15) is 20.7 Å². The quantitative estimate of drug-likeness (QED) is 0.414. The highest BCUT2D eigenvalue weighted by Gasteiger charge is 2.12. The van der Waals surface area contributed by atoms with Crippen molar-refractivity contribution in [2.45, 2.75) is 0 Å². The molecule has 21 heavy (non-hydrogen) atoms. The standard InChI is InChI=1S/C18H12O3/c19-12-13-5-3-8-15(11-13)21-18(20)17-10-4-7-14-6-1-2-9-16(14)17/h1-12H. The summed E-state index contributed by atoms with van der Waals surface area (Å²) in [5.74, 6) is -0.0765. The van der Waals surface area contributed by atoms with Gasteiger partial charge in [-0.1, -0.05) is 48.5 Å². The molecule has 0 radical (unpaired) electrons. The maximum Gasteiger partial charge on any atom is 0.344 e. The minimum absolute atomic E-state index is 0.359. The van der Waals surface area contributed by atoms with Crippen LogP contribution in [0.3, 0.4) is 0 Å². The molecule has 0 atom stereocenters. The molecule has 0 heterocycles. The third-order valence-corrected chi connectivity index (χ3v) is 3.21. The van der Waals surface area contributed by atoms with Crippen LogP contribution < -0.4 is 4.74 Å². The van der Waals surface area contributed by atoms with Crippen molar-refractivity contribution in [1.82, 2.24) is 0 Å². The first-order valence-corrected chi connectivity index (χ1v) is 6.53. The molecule has 0 aliphatic rings. The van der Waals surface area contributed by atoms with Gasteiger partial charge in [-0.15, -0.1) is 0 Å². The zero-order valence-corrected chi connectivity index (χ0v) is 11.2. The van der Waals surface area contributed by atoms with E-state index in [0.29, 0.717) is 16.9 Å². The zero-order chi connectivity index (χ0) is 14.7. The lowest BCUT2D eigenvalue weighted by molar-refractivity contribution is 0.0736. The Hall–Kier alpha value is -2.94. The van der Waals surface area contributed by atoms with Crippen LogP contribution in [0.4, 0.5) is 0 Å². The maximum absolute atomic E-state index is 12.3. The highest BCUT2D eigenvalue weighted by molar-refractivity contribution is 6.05. The minimum atomic E-state index is -0.435. The van der Waals surface area contributed by atoms with Crippen molar-refractivity contribution in [3.63, 3.8) is 0 Å². The summed E-state index contributed by atoms with van der Waals surface area (Å²) in [5, 5.41) is 1.82. The van der Waals surface area contributed by atoms with Crippen LogP contribution in [-0.4, -0.2) is 12.3 Å². The zero-order valence-electron chi connectivity index (χ0n) is 11.2. The lowest BCUT2D eigenvalue weighted by Crippen LogP contribution is -2.09. The van der Waals surface area contributed by atoms with Crippen molar-refractivity contribution in [2.24, 2.45) is 0 Å².